The van der Waals surface area contributed by atoms with Crippen LogP contribution in [0.2, 0.25) is 0 Å². The van der Waals surface area contributed by atoms with Crippen molar-refractivity contribution in [2.45, 2.75) is 0 Å². The number of carbonyl (C=O) groups excluding carboxylic acids is 1. The lowest BCUT2D eigenvalue weighted by Crippen LogP contribution is -2.17. The van der Waals surface area contributed by atoms with Crippen LogP contribution in [0.25, 0.3) is 0 Å². The Kier molecular flexibility index (Phi) is 5.58. The maximum atomic E-state index is 11.8. The van der Waals surface area contributed by atoms with Crippen LogP contribution < -0.4 is 10.2 Å². The molecule has 0 bridgehead atoms. The normalized spacial score (nSPS) is 10.1. The van der Waals surface area contributed by atoms with E-state index in [1.165, 1.54) is 36.8 Å². The van der Waals surface area contributed by atoms with Gasteiger partial charge in [-0.25, -0.2) is 5.43 Å². The Morgan fingerprint density at radius 2 is 2.33 bits per heavy atom. The van der Waals surface area contributed by atoms with Crippen LogP contribution in [0.3, 0.4) is 0 Å². The van der Waals surface area contributed by atoms with Crippen LogP contribution in [0, 0.1) is 22.5 Å². The number of hydrogen-bond acceptors (Lipinski definition) is 6. The number of carbonyl (C=O) groups is 1. The van der Waals surface area contributed by atoms with Crippen molar-refractivity contribution >= 4 is 17.8 Å². The van der Waals surface area contributed by atoms with Gasteiger partial charge in [-0.1, -0.05) is 5.92 Å². The second-order valence-corrected chi connectivity index (χ2v) is 4.41. The zero-order chi connectivity index (χ0) is 17.4. The first-order chi connectivity index (χ1) is 11.6. The number of nitro groups is 1. The smallest absolute Gasteiger partial charge is 0.272 e. The van der Waals surface area contributed by atoms with Gasteiger partial charge in [0.05, 0.1) is 16.7 Å². The highest BCUT2D eigenvalue weighted by Crippen LogP contribution is 2.22. The Hall–Kier alpha value is -3.73. The minimum atomic E-state index is -0.545. The minimum absolute atomic E-state index is 0.000689. The van der Waals surface area contributed by atoms with Gasteiger partial charge in [0, 0.05) is 30.1 Å². The summed E-state index contributed by atoms with van der Waals surface area (Å²) in [5, 5.41) is 14.6. The first-order valence-electron chi connectivity index (χ1n) is 6.70. The van der Waals surface area contributed by atoms with Gasteiger partial charge < -0.3 is 4.74 Å². The van der Waals surface area contributed by atoms with Crippen LogP contribution in [0.5, 0.6) is 5.75 Å². The number of nitrogens with zero attached hydrogens (tertiary/aromatic N) is 3. The molecule has 1 heterocycles. The topological polar surface area (TPSA) is 107 Å². The summed E-state index contributed by atoms with van der Waals surface area (Å²) in [7, 11) is 0. The fourth-order valence-electron chi connectivity index (χ4n) is 1.72. The van der Waals surface area contributed by atoms with Crippen LogP contribution in [-0.2, 0) is 0 Å². The molecule has 1 aromatic heterocycles. The number of benzene rings is 1. The van der Waals surface area contributed by atoms with Crippen molar-refractivity contribution in [3.8, 4) is 18.1 Å². The fourth-order valence-corrected chi connectivity index (χ4v) is 1.72. The summed E-state index contributed by atoms with van der Waals surface area (Å²) in [6, 6.07) is 7.17. The quantitative estimate of drug-likeness (QED) is 0.377. The van der Waals surface area contributed by atoms with Crippen LogP contribution in [0.4, 0.5) is 5.69 Å². The van der Waals surface area contributed by atoms with Crippen molar-refractivity contribution in [2.75, 3.05) is 6.61 Å². The summed E-state index contributed by atoms with van der Waals surface area (Å²) in [6.45, 7) is 0.000689. The number of terminal acetylenes is 1. The summed E-state index contributed by atoms with van der Waals surface area (Å²) in [5.41, 5.74) is 2.81. The van der Waals surface area contributed by atoms with Crippen LogP contribution in [0.1, 0.15) is 15.9 Å². The summed E-state index contributed by atoms with van der Waals surface area (Å²) < 4.78 is 5.29. The fraction of sp³-hybridized carbons (Fsp3) is 0.0625. The van der Waals surface area contributed by atoms with Gasteiger partial charge in [-0.3, -0.25) is 19.9 Å². The van der Waals surface area contributed by atoms with E-state index in [9.17, 15) is 14.9 Å². The number of amides is 1. The van der Waals surface area contributed by atoms with Crippen molar-refractivity contribution in [3.05, 3.63) is 64.0 Å². The zero-order valence-electron chi connectivity index (χ0n) is 12.4. The first kappa shape index (κ1) is 16.6. The van der Waals surface area contributed by atoms with Crippen LogP contribution >= 0.6 is 0 Å². The Labute approximate surface area is 137 Å². The standard InChI is InChI=1S/C16H12N4O4/c1-2-8-24-15-6-5-14(20(22)23)9-13(15)11-18-19-16(21)12-4-3-7-17-10-12/h1,3-7,9-11H,8H2,(H,19,21). The van der Waals surface area contributed by atoms with Crippen molar-refractivity contribution in [2.24, 2.45) is 5.10 Å². The molecule has 1 amide bonds. The van der Waals surface area contributed by atoms with Crippen LogP contribution in [-0.4, -0.2) is 28.6 Å². The second-order valence-electron chi connectivity index (χ2n) is 4.41. The molecule has 0 atom stereocenters. The van der Waals surface area contributed by atoms with E-state index < -0.39 is 10.8 Å². The average molecular weight is 324 g/mol. The van der Waals surface area contributed by atoms with Crippen molar-refractivity contribution in [1.29, 1.82) is 0 Å². The van der Waals surface area contributed by atoms with Crippen molar-refractivity contribution < 1.29 is 14.5 Å². The van der Waals surface area contributed by atoms with E-state index in [2.05, 4.69) is 21.4 Å². The lowest BCUT2D eigenvalue weighted by Gasteiger charge is -2.06. The van der Waals surface area contributed by atoms with E-state index in [-0.39, 0.29) is 12.3 Å². The molecule has 2 rings (SSSR count). The van der Waals surface area contributed by atoms with Gasteiger partial charge in [0.15, 0.2) is 0 Å². The van der Waals surface area contributed by atoms with Crippen molar-refractivity contribution in [1.82, 2.24) is 10.4 Å². The molecule has 0 aliphatic carbocycles. The largest absolute Gasteiger partial charge is 0.480 e. The molecule has 1 aromatic carbocycles. The molecule has 24 heavy (non-hydrogen) atoms. The first-order valence-corrected chi connectivity index (χ1v) is 6.70. The highest BCUT2D eigenvalue weighted by molar-refractivity contribution is 5.94. The Balaban J connectivity index is 2.17. The van der Waals surface area contributed by atoms with Gasteiger partial charge in [0.2, 0.25) is 0 Å². The molecule has 0 unspecified atom stereocenters. The lowest BCUT2D eigenvalue weighted by molar-refractivity contribution is -0.384. The van der Waals surface area contributed by atoms with Crippen LogP contribution in [0.15, 0.2) is 47.8 Å². The third-order valence-electron chi connectivity index (χ3n) is 2.81. The molecule has 0 aliphatic heterocycles. The number of nitro benzene ring substituents is 1. The number of non-ortho nitro benzene ring substituents is 1. The maximum absolute atomic E-state index is 11.8. The number of ether oxygens (including phenoxy) is 1. The molecule has 1 N–H and O–H groups in total. The molecule has 0 saturated carbocycles. The average Bonchev–Trinajstić information content (AvgIpc) is 2.61. The lowest BCUT2D eigenvalue weighted by atomic mass is 10.2. The highest BCUT2D eigenvalue weighted by atomic mass is 16.6. The van der Waals surface area contributed by atoms with E-state index in [0.717, 1.165) is 0 Å². The molecular weight excluding hydrogens is 312 g/mol. The van der Waals surface area contributed by atoms with E-state index in [0.29, 0.717) is 16.9 Å². The molecule has 0 spiro atoms. The third kappa shape index (κ3) is 4.38. The molecule has 0 aliphatic rings. The van der Waals surface area contributed by atoms with Gasteiger partial charge in [-0.2, -0.15) is 5.10 Å². The van der Waals surface area contributed by atoms with Gasteiger partial charge in [0.25, 0.3) is 11.6 Å². The molecule has 120 valence electrons. The van der Waals surface area contributed by atoms with E-state index >= 15 is 0 Å². The molecule has 2 aromatic rings. The number of hydrazone groups is 1. The maximum Gasteiger partial charge on any atom is 0.272 e. The Morgan fingerprint density at radius 1 is 1.50 bits per heavy atom. The van der Waals surface area contributed by atoms with E-state index in [1.807, 2.05) is 0 Å². The molecule has 8 nitrogen and oxygen atoms in total. The SMILES string of the molecule is C#CCOc1ccc([N+](=O)[O-])cc1C=NNC(=O)c1cccnc1. The summed E-state index contributed by atoms with van der Waals surface area (Å²) >= 11 is 0. The molecule has 8 heteroatoms. The molecule has 0 saturated heterocycles. The number of pyridine rings is 1. The number of aromatic nitrogens is 1. The van der Waals surface area contributed by atoms with Gasteiger partial charge in [-0.15, -0.1) is 6.42 Å². The van der Waals surface area contributed by atoms with Crippen molar-refractivity contribution in [3.63, 3.8) is 0 Å². The summed E-state index contributed by atoms with van der Waals surface area (Å²) in [4.78, 5) is 26.0. The highest BCUT2D eigenvalue weighted by Gasteiger charge is 2.11. The monoisotopic (exact) mass is 324 g/mol. The second kappa shape index (κ2) is 8.05. The minimum Gasteiger partial charge on any atom is -0.480 e. The third-order valence-corrected chi connectivity index (χ3v) is 2.81. The molecular formula is C16H12N4O4. The molecule has 0 radical (unpaired) electrons. The Bertz CT molecular complexity index is 813. The van der Waals surface area contributed by atoms with E-state index in [4.69, 9.17) is 11.2 Å². The molecule has 0 fully saturated rings. The summed E-state index contributed by atoms with van der Waals surface area (Å²) in [6.07, 6.45) is 9.30. The van der Waals surface area contributed by atoms with Gasteiger partial charge in [0.1, 0.15) is 12.4 Å². The predicted octanol–water partition coefficient (Wildman–Crippen LogP) is 1.77. The van der Waals surface area contributed by atoms with Gasteiger partial charge >= 0.3 is 0 Å². The number of nitrogens with one attached hydrogen (secondary N) is 1. The van der Waals surface area contributed by atoms with E-state index in [1.54, 1.807) is 12.1 Å². The Morgan fingerprint density at radius 3 is 3.00 bits per heavy atom. The van der Waals surface area contributed by atoms with Gasteiger partial charge in [-0.05, 0) is 18.2 Å². The summed E-state index contributed by atoms with van der Waals surface area (Å²) in [5.74, 6) is 2.15. The zero-order valence-corrected chi connectivity index (χ0v) is 12.4. The predicted molar refractivity (Wildman–Crippen MR) is 86.7 cm³/mol. The number of rotatable bonds is 6. The number of hydrogen-bond donors (Lipinski definition) is 1.